The summed E-state index contributed by atoms with van der Waals surface area (Å²) in [6.45, 7) is 15.1. The number of unbranched alkanes of at least 4 members (excludes halogenated alkanes) is 1. The summed E-state index contributed by atoms with van der Waals surface area (Å²) in [5.41, 5.74) is 1.01. The first kappa shape index (κ1) is 24.4. The summed E-state index contributed by atoms with van der Waals surface area (Å²) < 4.78 is 4.94. The molecule has 0 amide bonds. The monoisotopic (exact) mass is 518 g/mol. The molecule has 2 aliphatic rings. The van der Waals surface area contributed by atoms with Crippen molar-refractivity contribution in [2.24, 2.45) is 10.9 Å². The molecule has 0 aromatic carbocycles. The van der Waals surface area contributed by atoms with E-state index in [9.17, 15) is 0 Å². The fraction of sp³-hybridized carbons (Fsp3) is 0.810. The Bertz CT molecular complexity index is 566. The molecular formula is C21H39IN6O. The van der Waals surface area contributed by atoms with E-state index in [2.05, 4.69) is 39.0 Å². The van der Waals surface area contributed by atoms with Crippen molar-refractivity contribution in [1.29, 1.82) is 0 Å². The molecule has 0 saturated carbocycles. The summed E-state index contributed by atoms with van der Waals surface area (Å²) >= 11 is 0. The van der Waals surface area contributed by atoms with Crippen molar-refractivity contribution in [2.45, 2.75) is 46.1 Å². The van der Waals surface area contributed by atoms with Crippen LogP contribution in [0.15, 0.2) is 21.8 Å². The van der Waals surface area contributed by atoms with E-state index in [0.717, 1.165) is 63.4 Å². The highest BCUT2D eigenvalue weighted by atomic mass is 127. The second kappa shape index (κ2) is 13.4. The van der Waals surface area contributed by atoms with Crippen LogP contribution in [0, 0.1) is 5.92 Å². The van der Waals surface area contributed by atoms with E-state index in [1.54, 1.807) is 6.26 Å². The lowest BCUT2D eigenvalue weighted by molar-refractivity contribution is 0.169. The first-order valence-electron chi connectivity index (χ1n) is 11.1. The Morgan fingerprint density at radius 2 is 1.90 bits per heavy atom. The number of guanidine groups is 1. The second-order valence-corrected chi connectivity index (χ2v) is 8.22. The summed E-state index contributed by atoms with van der Waals surface area (Å²) in [5.74, 6) is 2.00. The molecule has 0 radical (unpaired) electrons. The molecule has 29 heavy (non-hydrogen) atoms. The molecule has 0 aliphatic carbocycles. The van der Waals surface area contributed by atoms with Crippen molar-refractivity contribution in [3.05, 3.63) is 18.0 Å². The molecule has 0 unspecified atom stereocenters. The molecule has 7 nitrogen and oxygen atoms in total. The van der Waals surface area contributed by atoms with Gasteiger partial charge in [-0.3, -0.25) is 9.89 Å². The van der Waals surface area contributed by atoms with Crippen molar-refractivity contribution < 1.29 is 4.52 Å². The van der Waals surface area contributed by atoms with Gasteiger partial charge in [0.1, 0.15) is 6.26 Å². The highest BCUT2D eigenvalue weighted by Crippen LogP contribution is 2.16. The molecule has 1 N–H and O–H groups in total. The zero-order valence-corrected chi connectivity index (χ0v) is 20.5. The standard InChI is InChI=1S/C21H38N6O.HI/c1-3-22-21(23-9-4-5-10-25-11-6-19(2)7-12-25)27-15-13-26(14-16-27)18-20-8-17-28-24-20;/h8,17,19H,3-7,9-16,18H2,1-2H3,(H,22,23);1H. The summed E-state index contributed by atoms with van der Waals surface area (Å²) in [4.78, 5) is 12.4. The van der Waals surface area contributed by atoms with Crippen molar-refractivity contribution in [1.82, 2.24) is 25.2 Å². The van der Waals surface area contributed by atoms with Crippen LogP contribution in [0.25, 0.3) is 0 Å². The molecule has 3 rings (SSSR count). The third-order valence-corrected chi connectivity index (χ3v) is 5.90. The number of rotatable bonds is 8. The summed E-state index contributed by atoms with van der Waals surface area (Å²) in [6, 6.07) is 1.95. The number of nitrogens with zero attached hydrogens (tertiary/aromatic N) is 5. The predicted molar refractivity (Wildman–Crippen MR) is 129 cm³/mol. The Hall–Kier alpha value is -0.870. The summed E-state index contributed by atoms with van der Waals surface area (Å²) in [5, 5.41) is 7.50. The van der Waals surface area contributed by atoms with Gasteiger partial charge >= 0.3 is 0 Å². The van der Waals surface area contributed by atoms with Gasteiger partial charge in [-0.15, -0.1) is 24.0 Å². The average molecular weight is 518 g/mol. The lowest BCUT2D eigenvalue weighted by Crippen LogP contribution is -2.52. The molecule has 1 aromatic rings. The highest BCUT2D eigenvalue weighted by molar-refractivity contribution is 14.0. The van der Waals surface area contributed by atoms with Crippen molar-refractivity contribution >= 4 is 29.9 Å². The predicted octanol–water partition coefficient (Wildman–Crippen LogP) is 2.89. The van der Waals surface area contributed by atoms with Gasteiger partial charge < -0.3 is 19.6 Å². The van der Waals surface area contributed by atoms with Crippen LogP contribution in [0.1, 0.15) is 45.2 Å². The normalized spacial score (nSPS) is 19.9. The zero-order chi connectivity index (χ0) is 19.6. The maximum Gasteiger partial charge on any atom is 0.194 e. The molecule has 8 heteroatoms. The fourth-order valence-corrected chi connectivity index (χ4v) is 4.01. The Kier molecular flexibility index (Phi) is 11.3. The van der Waals surface area contributed by atoms with Crippen LogP contribution < -0.4 is 5.32 Å². The lowest BCUT2D eigenvalue weighted by Gasteiger charge is -2.36. The van der Waals surface area contributed by atoms with Crippen LogP contribution >= 0.6 is 24.0 Å². The zero-order valence-electron chi connectivity index (χ0n) is 18.2. The Balaban J connectivity index is 0.00000300. The van der Waals surface area contributed by atoms with Gasteiger partial charge in [-0.25, -0.2) is 0 Å². The van der Waals surface area contributed by atoms with Gasteiger partial charge in [0.15, 0.2) is 5.96 Å². The molecule has 0 bridgehead atoms. The number of hydrogen-bond acceptors (Lipinski definition) is 5. The van der Waals surface area contributed by atoms with Gasteiger partial charge in [-0.05, 0) is 58.2 Å². The average Bonchev–Trinajstić information content (AvgIpc) is 3.22. The smallest absolute Gasteiger partial charge is 0.194 e. The van der Waals surface area contributed by atoms with Crippen molar-refractivity contribution in [3.8, 4) is 0 Å². The van der Waals surface area contributed by atoms with Crippen molar-refractivity contribution in [3.63, 3.8) is 0 Å². The second-order valence-electron chi connectivity index (χ2n) is 8.22. The van der Waals surface area contributed by atoms with E-state index in [1.807, 2.05) is 6.07 Å². The molecular weight excluding hydrogens is 479 g/mol. The Morgan fingerprint density at radius 1 is 1.14 bits per heavy atom. The topological polar surface area (TPSA) is 60.1 Å². The van der Waals surface area contributed by atoms with Gasteiger partial charge in [0.05, 0.1) is 5.69 Å². The van der Waals surface area contributed by atoms with Crippen LogP contribution in [0.2, 0.25) is 0 Å². The van der Waals surface area contributed by atoms with Crippen LogP contribution in [-0.2, 0) is 6.54 Å². The maximum atomic E-state index is 4.94. The minimum atomic E-state index is 0. The number of aromatic nitrogens is 1. The van der Waals surface area contributed by atoms with E-state index in [1.165, 1.54) is 45.3 Å². The molecule has 3 heterocycles. The van der Waals surface area contributed by atoms with E-state index in [4.69, 9.17) is 9.52 Å². The number of piperazine rings is 1. The summed E-state index contributed by atoms with van der Waals surface area (Å²) in [7, 11) is 0. The fourth-order valence-electron chi connectivity index (χ4n) is 4.01. The number of piperidine rings is 1. The van der Waals surface area contributed by atoms with Gasteiger partial charge in [0, 0.05) is 51.9 Å². The van der Waals surface area contributed by atoms with Crippen LogP contribution in [0.4, 0.5) is 0 Å². The van der Waals surface area contributed by atoms with Gasteiger partial charge in [0.2, 0.25) is 0 Å². The van der Waals surface area contributed by atoms with Crippen LogP contribution in [0.5, 0.6) is 0 Å². The van der Waals surface area contributed by atoms with Crippen LogP contribution in [0.3, 0.4) is 0 Å². The van der Waals surface area contributed by atoms with Gasteiger partial charge in [-0.1, -0.05) is 12.1 Å². The van der Waals surface area contributed by atoms with E-state index < -0.39 is 0 Å². The Labute approximate surface area is 193 Å². The largest absolute Gasteiger partial charge is 0.364 e. The number of halogens is 1. The van der Waals surface area contributed by atoms with E-state index in [0.29, 0.717) is 0 Å². The molecule has 1 aromatic heterocycles. The maximum absolute atomic E-state index is 4.94. The number of hydrogen-bond donors (Lipinski definition) is 1. The van der Waals surface area contributed by atoms with Gasteiger partial charge in [0.25, 0.3) is 0 Å². The van der Waals surface area contributed by atoms with E-state index >= 15 is 0 Å². The number of aliphatic imine (C=N–C) groups is 1. The minimum Gasteiger partial charge on any atom is -0.364 e. The Morgan fingerprint density at radius 3 is 2.55 bits per heavy atom. The lowest BCUT2D eigenvalue weighted by atomic mass is 9.99. The molecule has 166 valence electrons. The highest BCUT2D eigenvalue weighted by Gasteiger charge is 2.20. The van der Waals surface area contributed by atoms with Gasteiger partial charge in [-0.2, -0.15) is 0 Å². The van der Waals surface area contributed by atoms with Crippen LogP contribution in [-0.4, -0.2) is 84.7 Å². The molecule has 0 spiro atoms. The first-order valence-corrected chi connectivity index (χ1v) is 11.1. The third-order valence-electron chi connectivity index (χ3n) is 5.90. The summed E-state index contributed by atoms with van der Waals surface area (Å²) in [6.07, 6.45) is 6.81. The first-order chi connectivity index (χ1) is 13.7. The molecule has 2 fully saturated rings. The SMILES string of the molecule is CCNC(=NCCCCN1CCC(C)CC1)N1CCN(Cc2ccon2)CC1.I. The minimum absolute atomic E-state index is 0. The molecule has 2 saturated heterocycles. The molecule has 0 atom stereocenters. The van der Waals surface area contributed by atoms with E-state index in [-0.39, 0.29) is 24.0 Å². The number of nitrogens with one attached hydrogen (secondary N) is 1. The quantitative estimate of drug-likeness (QED) is 0.247. The van der Waals surface area contributed by atoms with Crippen molar-refractivity contribution in [2.75, 3.05) is 58.9 Å². The third kappa shape index (κ3) is 8.41. The molecule has 2 aliphatic heterocycles. The number of likely N-dealkylation sites (tertiary alicyclic amines) is 1.